The van der Waals surface area contributed by atoms with E-state index in [9.17, 15) is 13.2 Å². The fraction of sp³-hybridized carbons (Fsp3) is 0.391. The molecule has 2 heterocycles. The number of sulfone groups is 1. The maximum atomic E-state index is 13.3. The molecule has 32 heavy (non-hydrogen) atoms. The number of fused-ring (bicyclic) bond motifs is 1. The summed E-state index contributed by atoms with van der Waals surface area (Å²) in [5.41, 5.74) is 3.02. The lowest BCUT2D eigenvalue weighted by Crippen LogP contribution is -2.38. The Bertz CT molecular complexity index is 1190. The van der Waals surface area contributed by atoms with Crippen molar-refractivity contribution in [1.29, 1.82) is 0 Å². The van der Waals surface area contributed by atoms with Crippen molar-refractivity contribution in [2.75, 3.05) is 23.8 Å². The number of thiazole rings is 1. The normalized spacial score (nSPS) is 16.5. The van der Waals surface area contributed by atoms with Gasteiger partial charge in [0.05, 0.1) is 33.5 Å². The zero-order chi connectivity index (χ0) is 22.9. The van der Waals surface area contributed by atoms with Crippen molar-refractivity contribution in [1.82, 2.24) is 4.98 Å². The Morgan fingerprint density at radius 2 is 1.91 bits per heavy atom. The molecule has 1 atom stereocenters. The maximum Gasteiger partial charge on any atom is 0.229 e. The highest BCUT2D eigenvalue weighted by Crippen LogP contribution is 2.34. The number of hydrogen-bond acceptors (Lipinski definition) is 6. The maximum absolute atomic E-state index is 13.3. The molecule has 0 spiro atoms. The first-order chi connectivity index (χ1) is 15.2. The van der Waals surface area contributed by atoms with Crippen molar-refractivity contribution in [3.63, 3.8) is 0 Å². The van der Waals surface area contributed by atoms with Crippen LogP contribution in [-0.2, 0) is 19.4 Å². The molecule has 1 amide bonds. The van der Waals surface area contributed by atoms with Gasteiger partial charge in [-0.3, -0.25) is 9.69 Å². The first-order valence-electron chi connectivity index (χ1n) is 10.5. The van der Waals surface area contributed by atoms with Gasteiger partial charge in [0.1, 0.15) is 0 Å². The SMILES string of the molecule is Cc1ccc(C)c2sc(N(C[C@@H]3CCCO3)C(=O)CCS(=O)(=O)c3ccc(Cl)cc3)nc12. The van der Waals surface area contributed by atoms with Gasteiger partial charge in [-0.15, -0.1) is 0 Å². The highest BCUT2D eigenvalue weighted by molar-refractivity contribution is 7.91. The number of aryl methyl sites for hydroxylation is 2. The van der Waals surface area contributed by atoms with Crippen molar-refractivity contribution in [3.05, 3.63) is 52.5 Å². The summed E-state index contributed by atoms with van der Waals surface area (Å²) in [7, 11) is -3.61. The molecule has 9 heteroatoms. The predicted molar refractivity (Wildman–Crippen MR) is 129 cm³/mol. The van der Waals surface area contributed by atoms with E-state index in [0.717, 1.165) is 34.2 Å². The summed E-state index contributed by atoms with van der Waals surface area (Å²) in [5, 5.41) is 1.05. The van der Waals surface area contributed by atoms with Gasteiger partial charge in [0.2, 0.25) is 5.91 Å². The molecule has 4 rings (SSSR count). The van der Waals surface area contributed by atoms with E-state index in [2.05, 4.69) is 0 Å². The van der Waals surface area contributed by atoms with Crippen LogP contribution in [0, 0.1) is 13.8 Å². The molecular weight excluding hydrogens is 468 g/mol. The number of benzene rings is 2. The van der Waals surface area contributed by atoms with Crippen LogP contribution in [0.3, 0.4) is 0 Å². The molecule has 0 aliphatic carbocycles. The molecular formula is C23H25ClN2O4S2. The number of amides is 1. The van der Waals surface area contributed by atoms with E-state index < -0.39 is 9.84 Å². The van der Waals surface area contributed by atoms with E-state index in [-0.39, 0.29) is 29.1 Å². The van der Waals surface area contributed by atoms with E-state index in [1.165, 1.54) is 35.6 Å². The zero-order valence-corrected chi connectivity index (χ0v) is 20.4. The van der Waals surface area contributed by atoms with Gasteiger partial charge >= 0.3 is 0 Å². The third-order valence-electron chi connectivity index (χ3n) is 5.63. The third-order valence-corrected chi connectivity index (χ3v) is 8.83. The molecule has 2 aromatic carbocycles. The third kappa shape index (κ3) is 4.98. The fourth-order valence-corrected chi connectivity index (χ4v) is 6.25. The molecule has 0 saturated carbocycles. The Labute approximate surface area is 197 Å². The molecule has 1 saturated heterocycles. The van der Waals surface area contributed by atoms with Gasteiger partial charge in [-0.25, -0.2) is 13.4 Å². The fourth-order valence-electron chi connectivity index (χ4n) is 3.76. The van der Waals surface area contributed by atoms with Crippen molar-refractivity contribution in [3.8, 4) is 0 Å². The smallest absolute Gasteiger partial charge is 0.229 e. The van der Waals surface area contributed by atoms with Crippen LogP contribution in [-0.4, -0.2) is 44.3 Å². The second kappa shape index (κ2) is 9.47. The molecule has 170 valence electrons. The average molecular weight is 493 g/mol. The number of carbonyl (C=O) groups is 1. The molecule has 0 bridgehead atoms. The Morgan fingerprint density at radius 3 is 2.56 bits per heavy atom. The monoisotopic (exact) mass is 492 g/mol. The number of aromatic nitrogens is 1. The summed E-state index contributed by atoms with van der Waals surface area (Å²) in [5.74, 6) is -0.550. The summed E-state index contributed by atoms with van der Waals surface area (Å²) in [6.45, 7) is 5.07. The van der Waals surface area contributed by atoms with Crippen LogP contribution in [0.4, 0.5) is 5.13 Å². The number of nitrogens with zero attached hydrogens (tertiary/aromatic N) is 2. The number of ether oxygens (including phenoxy) is 1. The van der Waals surface area contributed by atoms with Crippen LogP contribution in [0.2, 0.25) is 5.02 Å². The second-order valence-electron chi connectivity index (χ2n) is 8.04. The van der Waals surface area contributed by atoms with E-state index in [1.54, 1.807) is 4.90 Å². The van der Waals surface area contributed by atoms with Gasteiger partial charge in [-0.05, 0) is 62.1 Å². The van der Waals surface area contributed by atoms with Gasteiger partial charge < -0.3 is 4.74 Å². The quantitative estimate of drug-likeness (QED) is 0.466. The zero-order valence-electron chi connectivity index (χ0n) is 18.0. The van der Waals surface area contributed by atoms with Gasteiger partial charge in [0.15, 0.2) is 15.0 Å². The Hall–Kier alpha value is -2.00. The molecule has 1 aliphatic heterocycles. The van der Waals surface area contributed by atoms with Gasteiger partial charge in [0.25, 0.3) is 0 Å². The van der Waals surface area contributed by atoms with Gasteiger partial charge in [-0.1, -0.05) is 35.1 Å². The summed E-state index contributed by atoms with van der Waals surface area (Å²) >= 11 is 7.33. The minimum atomic E-state index is -3.61. The molecule has 1 fully saturated rings. The molecule has 0 N–H and O–H groups in total. The number of rotatable bonds is 7. The van der Waals surface area contributed by atoms with Gasteiger partial charge in [0, 0.05) is 18.1 Å². The molecule has 1 aromatic heterocycles. The summed E-state index contributed by atoms with van der Waals surface area (Å²) < 4.78 is 32.3. The largest absolute Gasteiger partial charge is 0.376 e. The minimum Gasteiger partial charge on any atom is -0.376 e. The molecule has 6 nitrogen and oxygen atoms in total. The highest BCUT2D eigenvalue weighted by Gasteiger charge is 2.28. The van der Waals surface area contributed by atoms with Crippen LogP contribution in [0.25, 0.3) is 10.2 Å². The van der Waals surface area contributed by atoms with Crippen LogP contribution in [0.15, 0.2) is 41.3 Å². The summed E-state index contributed by atoms with van der Waals surface area (Å²) in [6.07, 6.45) is 1.62. The summed E-state index contributed by atoms with van der Waals surface area (Å²) in [6, 6.07) is 10.1. The Morgan fingerprint density at radius 1 is 1.19 bits per heavy atom. The highest BCUT2D eigenvalue weighted by atomic mass is 35.5. The molecule has 0 unspecified atom stereocenters. The van der Waals surface area contributed by atoms with Crippen molar-refractivity contribution >= 4 is 54.0 Å². The lowest BCUT2D eigenvalue weighted by Gasteiger charge is -2.23. The topological polar surface area (TPSA) is 76.6 Å². The molecule has 1 aliphatic rings. The Kier molecular flexibility index (Phi) is 6.86. The Balaban J connectivity index is 1.59. The first-order valence-corrected chi connectivity index (χ1v) is 13.4. The first kappa shape index (κ1) is 23.2. The van der Waals surface area contributed by atoms with Crippen molar-refractivity contribution < 1.29 is 17.9 Å². The second-order valence-corrected chi connectivity index (χ2v) is 11.6. The number of halogens is 1. The van der Waals surface area contributed by atoms with Crippen molar-refractivity contribution in [2.24, 2.45) is 0 Å². The van der Waals surface area contributed by atoms with E-state index >= 15 is 0 Å². The molecule has 3 aromatic rings. The predicted octanol–water partition coefficient (Wildman–Crippen LogP) is 4.94. The van der Waals surface area contributed by atoms with E-state index in [4.69, 9.17) is 21.3 Å². The molecule has 0 radical (unpaired) electrons. The minimum absolute atomic E-state index is 0.0685. The van der Waals surface area contributed by atoms with Gasteiger partial charge in [-0.2, -0.15) is 0 Å². The van der Waals surface area contributed by atoms with Crippen molar-refractivity contribution in [2.45, 2.75) is 44.1 Å². The number of anilines is 1. The number of hydrogen-bond donors (Lipinski definition) is 0. The van der Waals surface area contributed by atoms with Crippen LogP contribution in [0.5, 0.6) is 0 Å². The number of carbonyl (C=O) groups excluding carboxylic acids is 1. The van der Waals surface area contributed by atoms with Crippen LogP contribution in [0.1, 0.15) is 30.4 Å². The van der Waals surface area contributed by atoms with Crippen LogP contribution < -0.4 is 4.90 Å². The van der Waals surface area contributed by atoms with E-state index in [1.807, 2.05) is 26.0 Å². The lowest BCUT2D eigenvalue weighted by atomic mass is 10.1. The summed E-state index contributed by atoms with van der Waals surface area (Å²) in [4.78, 5) is 19.8. The average Bonchev–Trinajstić information content (AvgIpc) is 3.44. The lowest BCUT2D eigenvalue weighted by molar-refractivity contribution is -0.118. The standard InChI is InChI=1S/C23H25ClN2O4S2/c1-15-5-6-16(2)22-21(15)25-23(31-22)26(14-18-4-3-12-30-18)20(27)11-13-32(28,29)19-9-7-17(24)8-10-19/h5-10,18H,3-4,11-14H2,1-2H3/t18-/m0/s1. The van der Waals surface area contributed by atoms with E-state index in [0.29, 0.717) is 23.3 Å². The van der Waals surface area contributed by atoms with Crippen LogP contribution >= 0.6 is 22.9 Å².